The number of aryl methyl sites for hydroxylation is 1. The van der Waals surface area contributed by atoms with Gasteiger partial charge >= 0.3 is 0 Å². The van der Waals surface area contributed by atoms with Gasteiger partial charge in [-0.3, -0.25) is 4.68 Å². The molecule has 1 aromatic rings. The topological polar surface area (TPSA) is 42.7 Å². The molecule has 1 aliphatic carbocycles. The van der Waals surface area contributed by atoms with Crippen LogP contribution in [0.25, 0.3) is 0 Å². The first-order valence-corrected chi connectivity index (χ1v) is 5.98. The van der Waals surface area contributed by atoms with Crippen LogP contribution in [0.4, 0.5) is 0 Å². The molecule has 1 heterocycles. The Kier molecular flexibility index (Phi) is 3.72. The summed E-state index contributed by atoms with van der Waals surface area (Å²) in [6.45, 7) is 5.19. The van der Waals surface area contributed by atoms with Crippen molar-refractivity contribution >= 4 is 0 Å². The molecule has 0 radical (unpaired) electrons. The van der Waals surface area contributed by atoms with Gasteiger partial charge in [0.1, 0.15) is 0 Å². The SMILES string of the molecule is CCCCn1cc(CNCC2CC2)nn1. The Morgan fingerprint density at radius 3 is 3.13 bits per heavy atom. The van der Waals surface area contributed by atoms with E-state index in [9.17, 15) is 0 Å². The van der Waals surface area contributed by atoms with Crippen molar-refractivity contribution in [1.82, 2.24) is 20.3 Å². The average molecular weight is 208 g/mol. The summed E-state index contributed by atoms with van der Waals surface area (Å²) in [4.78, 5) is 0. The van der Waals surface area contributed by atoms with Gasteiger partial charge in [-0.15, -0.1) is 5.10 Å². The molecule has 2 rings (SSSR count). The molecule has 0 aromatic carbocycles. The van der Waals surface area contributed by atoms with Crippen molar-refractivity contribution in [1.29, 1.82) is 0 Å². The number of nitrogens with one attached hydrogen (secondary N) is 1. The first-order valence-electron chi connectivity index (χ1n) is 5.98. The summed E-state index contributed by atoms with van der Waals surface area (Å²) in [6.07, 6.45) is 7.23. The van der Waals surface area contributed by atoms with E-state index in [4.69, 9.17) is 0 Å². The van der Waals surface area contributed by atoms with Gasteiger partial charge in [-0.2, -0.15) is 0 Å². The molecule has 1 aliphatic rings. The first-order chi connectivity index (χ1) is 7.38. The highest BCUT2D eigenvalue weighted by atomic mass is 15.4. The minimum atomic E-state index is 0.864. The smallest absolute Gasteiger partial charge is 0.0964 e. The number of aromatic nitrogens is 3. The second kappa shape index (κ2) is 5.26. The summed E-state index contributed by atoms with van der Waals surface area (Å²) in [5.41, 5.74) is 1.06. The second-order valence-electron chi connectivity index (χ2n) is 4.40. The van der Waals surface area contributed by atoms with Gasteiger partial charge in [0.25, 0.3) is 0 Å². The van der Waals surface area contributed by atoms with E-state index in [1.165, 1.54) is 25.7 Å². The van der Waals surface area contributed by atoms with Gasteiger partial charge in [0.2, 0.25) is 0 Å². The first kappa shape index (κ1) is 10.6. The Labute approximate surface area is 91.1 Å². The summed E-state index contributed by atoms with van der Waals surface area (Å²) in [5.74, 6) is 0.931. The van der Waals surface area contributed by atoms with Gasteiger partial charge in [-0.05, 0) is 31.7 Å². The maximum absolute atomic E-state index is 4.14. The van der Waals surface area contributed by atoms with Crippen LogP contribution >= 0.6 is 0 Å². The van der Waals surface area contributed by atoms with E-state index in [-0.39, 0.29) is 0 Å². The van der Waals surface area contributed by atoms with E-state index in [0.29, 0.717) is 0 Å². The van der Waals surface area contributed by atoms with Crippen LogP contribution < -0.4 is 5.32 Å². The maximum Gasteiger partial charge on any atom is 0.0964 e. The van der Waals surface area contributed by atoms with Crippen LogP contribution in [0.15, 0.2) is 6.20 Å². The third kappa shape index (κ3) is 3.63. The van der Waals surface area contributed by atoms with Crippen molar-refractivity contribution in [3.05, 3.63) is 11.9 Å². The minimum Gasteiger partial charge on any atom is -0.311 e. The Morgan fingerprint density at radius 2 is 2.40 bits per heavy atom. The van der Waals surface area contributed by atoms with Gasteiger partial charge in [-0.25, -0.2) is 0 Å². The number of hydrogen-bond donors (Lipinski definition) is 1. The normalized spacial score (nSPS) is 15.8. The van der Waals surface area contributed by atoms with Crippen molar-refractivity contribution < 1.29 is 0 Å². The van der Waals surface area contributed by atoms with Crippen LogP contribution in [-0.4, -0.2) is 21.5 Å². The fourth-order valence-corrected chi connectivity index (χ4v) is 1.58. The van der Waals surface area contributed by atoms with Gasteiger partial charge in [-0.1, -0.05) is 18.6 Å². The molecular weight excluding hydrogens is 188 g/mol. The molecule has 0 unspecified atom stereocenters. The fraction of sp³-hybridized carbons (Fsp3) is 0.818. The van der Waals surface area contributed by atoms with Crippen molar-refractivity contribution in [2.45, 2.75) is 45.7 Å². The van der Waals surface area contributed by atoms with Gasteiger partial charge < -0.3 is 5.32 Å². The molecule has 0 saturated heterocycles. The van der Waals surface area contributed by atoms with E-state index >= 15 is 0 Å². The lowest BCUT2D eigenvalue weighted by molar-refractivity contribution is 0.552. The predicted octanol–water partition coefficient (Wildman–Crippen LogP) is 1.58. The summed E-state index contributed by atoms with van der Waals surface area (Å²) in [7, 11) is 0. The maximum atomic E-state index is 4.14. The van der Waals surface area contributed by atoms with Gasteiger partial charge in [0.15, 0.2) is 0 Å². The van der Waals surface area contributed by atoms with Crippen molar-refractivity contribution in [3.63, 3.8) is 0 Å². The number of nitrogens with zero attached hydrogens (tertiary/aromatic N) is 3. The summed E-state index contributed by atoms with van der Waals surface area (Å²) >= 11 is 0. The quantitative estimate of drug-likeness (QED) is 0.739. The molecule has 84 valence electrons. The molecule has 4 nitrogen and oxygen atoms in total. The summed E-state index contributed by atoms with van der Waals surface area (Å²) in [6, 6.07) is 0. The highest BCUT2D eigenvalue weighted by molar-refractivity contribution is 4.92. The molecular formula is C11H20N4. The molecule has 1 N–H and O–H groups in total. The van der Waals surface area contributed by atoms with Crippen LogP contribution in [-0.2, 0) is 13.1 Å². The van der Waals surface area contributed by atoms with E-state index in [1.54, 1.807) is 0 Å². The van der Waals surface area contributed by atoms with Crippen LogP contribution in [0.5, 0.6) is 0 Å². The predicted molar refractivity (Wildman–Crippen MR) is 59.4 cm³/mol. The Balaban J connectivity index is 1.68. The van der Waals surface area contributed by atoms with Crippen molar-refractivity contribution in [2.75, 3.05) is 6.54 Å². The third-order valence-electron chi connectivity index (χ3n) is 2.76. The molecule has 1 fully saturated rings. The van der Waals surface area contributed by atoms with Crippen LogP contribution in [0.2, 0.25) is 0 Å². The van der Waals surface area contributed by atoms with E-state index in [0.717, 1.165) is 31.2 Å². The summed E-state index contributed by atoms with van der Waals surface area (Å²) < 4.78 is 1.94. The fourth-order valence-electron chi connectivity index (χ4n) is 1.58. The highest BCUT2D eigenvalue weighted by Gasteiger charge is 2.20. The lowest BCUT2D eigenvalue weighted by Gasteiger charge is -1.98. The lowest BCUT2D eigenvalue weighted by Crippen LogP contribution is -2.16. The molecule has 0 spiro atoms. The largest absolute Gasteiger partial charge is 0.311 e. The highest BCUT2D eigenvalue weighted by Crippen LogP contribution is 2.27. The van der Waals surface area contributed by atoms with Crippen LogP contribution in [0.3, 0.4) is 0 Å². The lowest BCUT2D eigenvalue weighted by atomic mass is 10.3. The molecule has 0 bridgehead atoms. The standard InChI is InChI=1S/C11H20N4/c1-2-3-6-15-9-11(13-14-15)8-12-7-10-4-5-10/h9-10,12H,2-8H2,1H3. The number of unbranched alkanes of at least 4 members (excludes halogenated alkanes) is 1. The van der Waals surface area contributed by atoms with Crippen LogP contribution in [0, 0.1) is 5.92 Å². The zero-order valence-electron chi connectivity index (χ0n) is 9.45. The van der Waals surface area contributed by atoms with Crippen LogP contribution in [0.1, 0.15) is 38.3 Å². The molecule has 15 heavy (non-hydrogen) atoms. The monoisotopic (exact) mass is 208 g/mol. The molecule has 0 amide bonds. The second-order valence-corrected chi connectivity index (χ2v) is 4.40. The molecule has 0 aliphatic heterocycles. The van der Waals surface area contributed by atoms with E-state index < -0.39 is 0 Å². The minimum absolute atomic E-state index is 0.864. The van der Waals surface area contributed by atoms with Crippen molar-refractivity contribution in [3.8, 4) is 0 Å². The van der Waals surface area contributed by atoms with Gasteiger partial charge in [0.05, 0.1) is 5.69 Å². The van der Waals surface area contributed by atoms with E-state index in [1.807, 2.05) is 4.68 Å². The number of hydrogen-bond acceptors (Lipinski definition) is 3. The van der Waals surface area contributed by atoms with E-state index in [2.05, 4.69) is 28.7 Å². The van der Waals surface area contributed by atoms with Crippen molar-refractivity contribution in [2.24, 2.45) is 5.92 Å². The zero-order chi connectivity index (χ0) is 10.5. The molecule has 1 aromatic heterocycles. The molecule has 1 saturated carbocycles. The molecule has 0 atom stereocenters. The van der Waals surface area contributed by atoms with Gasteiger partial charge in [0, 0.05) is 19.3 Å². The number of rotatable bonds is 7. The third-order valence-corrected chi connectivity index (χ3v) is 2.76. The zero-order valence-corrected chi connectivity index (χ0v) is 9.45. The average Bonchev–Trinajstić information content (AvgIpc) is 2.95. The Bertz CT molecular complexity index is 291. The summed E-state index contributed by atoms with van der Waals surface area (Å²) in [5, 5.41) is 11.6. The molecule has 4 heteroatoms. The Hall–Kier alpha value is -0.900. The Morgan fingerprint density at radius 1 is 1.53 bits per heavy atom.